The van der Waals surface area contributed by atoms with Crippen molar-refractivity contribution in [1.82, 2.24) is 15.5 Å². The molecule has 7 nitrogen and oxygen atoms in total. The summed E-state index contributed by atoms with van der Waals surface area (Å²) in [6, 6.07) is 1.11. The van der Waals surface area contributed by atoms with Gasteiger partial charge in [0.2, 0.25) is 5.91 Å². The molecular weight excluding hydrogens is 284 g/mol. The van der Waals surface area contributed by atoms with Gasteiger partial charge in [0.15, 0.2) is 0 Å². The molecule has 124 valence electrons. The van der Waals surface area contributed by atoms with E-state index in [2.05, 4.69) is 10.6 Å². The fourth-order valence-electron chi connectivity index (χ4n) is 2.13. The minimum Gasteiger partial charge on any atom is -0.378 e. The molecule has 22 heavy (non-hydrogen) atoms. The standard InChI is InChI=1S/C15H26N4O3/c1-11(2)9-12(13(20)18-15(3,4)10-16)17-14(21)19-5-7-22-8-6-19/h11-12H,5-9H2,1-4H3,(H,17,21)(H,18,20)/t12-/m0/s1. The largest absolute Gasteiger partial charge is 0.378 e. The Morgan fingerprint density at radius 3 is 2.41 bits per heavy atom. The second-order valence-electron chi connectivity index (χ2n) is 6.46. The smallest absolute Gasteiger partial charge is 0.318 e. The zero-order chi connectivity index (χ0) is 16.8. The van der Waals surface area contributed by atoms with Crippen LogP contribution >= 0.6 is 0 Å². The van der Waals surface area contributed by atoms with Gasteiger partial charge >= 0.3 is 6.03 Å². The number of nitriles is 1. The van der Waals surface area contributed by atoms with E-state index in [4.69, 9.17) is 10.00 Å². The van der Waals surface area contributed by atoms with Gasteiger partial charge in [-0.2, -0.15) is 5.26 Å². The van der Waals surface area contributed by atoms with Crippen LogP contribution < -0.4 is 10.6 Å². The molecule has 1 saturated heterocycles. The fraction of sp³-hybridized carbons (Fsp3) is 0.800. The van der Waals surface area contributed by atoms with Crippen molar-refractivity contribution in [2.75, 3.05) is 26.3 Å². The number of urea groups is 1. The van der Waals surface area contributed by atoms with E-state index in [1.54, 1.807) is 18.7 Å². The first-order valence-corrected chi connectivity index (χ1v) is 7.61. The van der Waals surface area contributed by atoms with Crippen molar-refractivity contribution in [3.05, 3.63) is 0 Å². The summed E-state index contributed by atoms with van der Waals surface area (Å²) in [6.45, 7) is 9.28. The maximum absolute atomic E-state index is 12.4. The summed E-state index contributed by atoms with van der Waals surface area (Å²) in [5.41, 5.74) is -0.962. The maximum Gasteiger partial charge on any atom is 0.318 e. The van der Waals surface area contributed by atoms with Crippen LogP contribution in [0.2, 0.25) is 0 Å². The first-order valence-electron chi connectivity index (χ1n) is 7.61. The quantitative estimate of drug-likeness (QED) is 0.787. The predicted molar refractivity (Wildman–Crippen MR) is 82.0 cm³/mol. The van der Waals surface area contributed by atoms with Crippen molar-refractivity contribution in [3.63, 3.8) is 0 Å². The van der Waals surface area contributed by atoms with Gasteiger partial charge in [-0.05, 0) is 26.2 Å². The van der Waals surface area contributed by atoms with Crippen molar-refractivity contribution in [2.45, 2.75) is 45.7 Å². The van der Waals surface area contributed by atoms with E-state index in [1.807, 2.05) is 19.9 Å². The van der Waals surface area contributed by atoms with Crippen LogP contribution in [0.25, 0.3) is 0 Å². The second-order valence-corrected chi connectivity index (χ2v) is 6.46. The zero-order valence-electron chi connectivity index (χ0n) is 13.8. The number of rotatable bonds is 5. The van der Waals surface area contributed by atoms with Gasteiger partial charge in [-0.25, -0.2) is 4.79 Å². The van der Waals surface area contributed by atoms with Crippen molar-refractivity contribution in [3.8, 4) is 6.07 Å². The van der Waals surface area contributed by atoms with Crippen LogP contribution in [-0.2, 0) is 9.53 Å². The average Bonchev–Trinajstić information content (AvgIpc) is 2.46. The summed E-state index contributed by atoms with van der Waals surface area (Å²) in [5, 5.41) is 14.5. The molecule has 0 aliphatic carbocycles. The highest BCUT2D eigenvalue weighted by Gasteiger charge is 2.29. The summed E-state index contributed by atoms with van der Waals surface area (Å²) in [6.07, 6.45) is 0.517. The molecule has 7 heteroatoms. The van der Waals surface area contributed by atoms with Crippen molar-refractivity contribution in [2.24, 2.45) is 5.92 Å². The van der Waals surface area contributed by atoms with Gasteiger partial charge in [-0.15, -0.1) is 0 Å². The molecule has 0 unspecified atom stereocenters. The molecule has 0 aromatic heterocycles. The second kappa shape index (κ2) is 7.99. The number of nitrogens with one attached hydrogen (secondary N) is 2. The number of carbonyl (C=O) groups excluding carboxylic acids is 2. The molecule has 1 rings (SSSR count). The van der Waals surface area contributed by atoms with Gasteiger partial charge in [0.05, 0.1) is 19.3 Å². The zero-order valence-corrected chi connectivity index (χ0v) is 13.8. The minimum absolute atomic E-state index is 0.242. The van der Waals surface area contributed by atoms with Gasteiger partial charge in [0, 0.05) is 13.1 Å². The number of morpholine rings is 1. The Balaban J connectivity index is 2.69. The highest BCUT2D eigenvalue weighted by molar-refractivity contribution is 5.87. The summed E-state index contributed by atoms with van der Waals surface area (Å²) >= 11 is 0. The van der Waals surface area contributed by atoms with Crippen LogP contribution in [0.1, 0.15) is 34.1 Å². The fourth-order valence-corrected chi connectivity index (χ4v) is 2.13. The van der Waals surface area contributed by atoms with E-state index in [0.29, 0.717) is 32.7 Å². The summed E-state index contributed by atoms with van der Waals surface area (Å²) < 4.78 is 5.21. The van der Waals surface area contributed by atoms with Crippen LogP contribution in [0.15, 0.2) is 0 Å². The predicted octanol–water partition coefficient (Wildman–Crippen LogP) is 0.861. The Labute approximate surface area is 132 Å². The molecular formula is C15H26N4O3. The van der Waals surface area contributed by atoms with Gasteiger partial charge in [0.1, 0.15) is 11.6 Å². The van der Waals surface area contributed by atoms with Gasteiger partial charge in [0.25, 0.3) is 0 Å². The lowest BCUT2D eigenvalue weighted by Gasteiger charge is -2.30. The van der Waals surface area contributed by atoms with Crippen LogP contribution in [-0.4, -0.2) is 54.7 Å². The summed E-state index contributed by atoms with van der Waals surface area (Å²) in [5.74, 6) is -0.0900. The number of hydrogen-bond acceptors (Lipinski definition) is 4. The molecule has 3 amide bonds. The van der Waals surface area contributed by atoms with E-state index in [9.17, 15) is 9.59 Å². The topological polar surface area (TPSA) is 94.5 Å². The molecule has 0 radical (unpaired) electrons. The normalized spacial score (nSPS) is 16.8. The highest BCUT2D eigenvalue weighted by Crippen LogP contribution is 2.09. The molecule has 1 aliphatic heterocycles. The van der Waals surface area contributed by atoms with Crippen LogP contribution in [0, 0.1) is 17.2 Å². The summed E-state index contributed by atoms with van der Waals surface area (Å²) in [7, 11) is 0. The number of hydrogen-bond donors (Lipinski definition) is 2. The molecule has 0 spiro atoms. The lowest BCUT2D eigenvalue weighted by molar-refractivity contribution is -0.124. The van der Waals surface area contributed by atoms with E-state index in [-0.39, 0.29) is 17.9 Å². The third kappa shape index (κ3) is 5.90. The van der Waals surface area contributed by atoms with Crippen molar-refractivity contribution >= 4 is 11.9 Å². The molecule has 0 bridgehead atoms. The van der Waals surface area contributed by atoms with Crippen LogP contribution in [0.3, 0.4) is 0 Å². The number of nitrogens with zero attached hydrogens (tertiary/aromatic N) is 2. The maximum atomic E-state index is 12.4. The molecule has 1 aliphatic rings. The highest BCUT2D eigenvalue weighted by atomic mass is 16.5. The first-order chi connectivity index (χ1) is 10.2. The molecule has 1 atom stereocenters. The lowest BCUT2D eigenvalue weighted by atomic mass is 10.0. The van der Waals surface area contributed by atoms with E-state index < -0.39 is 11.6 Å². The molecule has 2 N–H and O–H groups in total. The molecule has 0 aromatic rings. The Morgan fingerprint density at radius 1 is 1.32 bits per heavy atom. The molecule has 0 aromatic carbocycles. The number of carbonyl (C=O) groups is 2. The van der Waals surface area contributed by atoms with Gasteiger partial charge < -0.3 is 20.3 Å². The van der Waals surface area contributed by atoms with E-state index in [0.717, 1.165) is 0 Å². The Kier molecular flexibility index (Phi) is 6.62. The van der Waals surface area contributed by atoms with Crippen molar-refractivity contribution in [1.29, 1.82) is 5.26 Å². The third-order valence-corrected chi connectivity index (χ3v) is 3.33. The minimum atomic E-state index is -0.962. The SMILES string of the molecule is CC(C)C[C@H](NC(=O)N1CCOCC1)C(=O)NC(C)(C)C#N. The monoisotopic (exact) mass is 310 g/mol. The molecule has 1 fully saturated rings. The van der Waals surface area contributed by atoms with Gasteiger partial charge in [-0.3, -0.25) is 4.79 Å². The number of amides is 3. The van der Waals surface area contributed by atoms with E-state index >= 15 is 0 Å². The molecule has 1 heterocycles. The summed E-state index contributed by atoms with van der Waals surface area (Å²) in [4.78, 5) is 26.2. The number of ether oxygens (including phenoxy) is 1. The van der Waals surface area contributed by atoms with Gasteiger partial charge in [-0.1, -0.05) is 13.8 Å². The Hall–Kier alpha value is -1.81. The van der Waals surface area contributed by atoms with Crippen LogP contribution in [0.4, 0.5) is 4.79 Å². The van der Waals surface area contributed by atoms with Crippen LogP contribution in [0.5, 0.6) is 0 Å². The van der Waals surface area contributed by atoms with E-state index in [1.165, 1.54) is 0 Å². The molecule has 0 saturated carbocycles. The van der Waals surface area contributed by atoms with Crippen molar-refractivity contribution < 1.29 is 14.3 Å². The Morgan fingerprint density at radius 2 is 1.91 bits per heavy atom. The first kappa shape index (κ1) is 18.2. The lowest BCUT2D eigenvalue weighted by Crippen LogP contribution is -2.56. The Bertz CT molecular complexity index is 437. The average molecular weight is 310 g/mol. The third-order valence-electron chi connectivity index (χ3n) is 3.33.